The van der Waals surface area contributed by atoms with Gasteiger partial charge in [-0.15, -0.1) is 0 Å². The van der Waals surface area contributed by atoms with E-state index in [-0.39, 0.29) is 0 Å². The molecule has 1 unspecified atom stereocenters. The molecular formula is C16H22BrN3O. The van der Waals surface area contributed by atoms with E-state index >= 15 is 0 Å². The lowest BCUT2D eigenvalue weighted by atomic mass is 9.94. The first-order valence-electron chi connectivity index (χ1n) is 7.28. The molecule has 0 aliphatic rings. The first-order chi connectivity index (χ1) is 9.99. The zero-order valence-electron chi connectivity index (χ0n) is 12.8. The third-order valence-corrected chi connectivity index (χ3v) is 4.35. The van der Waals surface area contributed by atoms with Crippen LogP contribution in [0.25, 0.3) is 11.4 Å². The van der Waals surface area contributed by atoms with Crippen LogP contribution in [0.4, 0.5) is 0 Å². The minimum atomic E-state index is 0.392. The van der Waals surface area contributed by atoms with Crippen LogP contribution in [0.3, 0.4) is 0 Å². The summed E-state index contributed by atoms with van der Waals surface area (Å²) in [5.41, 5.74) is 7.96. The van der Waals surface area contributed by atoms with Crippen molar-refractivity contribution in [2.24, 2.45) is 17.6 Å². The van der Waals surface area contributed by atoms with E-state index in [0.717, 1.165) is 22.9 Å². The lowest BCUT2D eigenvalue weighted by molar-refractivity contribution is 0.332. The van der Waals surface area contributed by atoms with Crippen molar-refractivity contribution in [1.29, 1.82) is 0 Å². The van der Waals surface area contributed by atoms with Gasteiger partial charge in [-0.25, -0.2) is 0 Å². The van der Waals surface area contributed by atoms with Crippen molar-refractivity contribution in [3.8, 4) is 11.4 Å². The van der Waals surface area contributed by atoms with E-state index in [4.69, 9.17) is 10.3 Å². The molecule has 21 heavy (non-hydrogen) atoms. The second kappa shape index (κ2) is 7.18. The highest BCUT2D eigenvalue weighted by Crippen LogP contribution is 2.24. The Morgan fingerprint density at radius 2 is 2.10 bits per heavy atom. The zero-order valence-corrected chi connectivity index (χ0v) is 14.4. The lowest BCUT2D eigenvalue weighted by Crippen LogP contribution is -2.19. The smallest absolute Gasteiger partial charge is 0.227 e. The Hall–Kier alpha value is -1.20. The molecule has 1 aromatic carbocycles. The van der Waals surface area contributed by atoms with Gasteiger partial charge in [0.25, 0.3) is 0 Å². The van der Waals surface area contributed by atoms with Crippen LogP contribution in [-0.2, 0) is 6.42 Å². The molecule has 2 rings (SSSR count). The number of hydrogen-bond acceptors (Lipinski definition) is 4. The molecular weight excluding hydrogens is 330 g/mol. The fourth-order valence-electron chi connectivity index (χ4n) is 2.36. The monoisotopic (exact) mass is 351 g/mol. The zero-order chi connectivity index (χ0) is 15.4. The van der Waals surface area contributed by atoms with E-state index in [0.29, 0.717) is 30.1 Å². The van der Waals surface area contributed by atoms with Gasteiger partial charge in [-0.3, -0.25) is 0 Å². The summed E-state index contributed by atoms with van der Waals surface area (Å²) in [6, 6.07) is 6.05. The first kappa shape index (κ1) is 16.2. The van der Waals surface area contributed by atoms with Crippen molar-refractivity contribution < 1.29 is 4.52 Å². The number of benzene rings is 1. The van der Waals surface area contributed by atoms with Crippen molar-refractivity contribution >= 4 is 15.9 Å². The van der Waals surface area contributed by atoms with Crippen molar-refractivity contribution in [1.82, 2.24) is 10.1 Å². The summed E-state index contributed by atoms with van der Waals surface area (Å²) in [6.07, 6.45) is 1.82. The van der Waals surface area contributed by atoms with Crippen molar-refractivity contribution in [2.45, 2.75) is 33.6 Å². The van der Waals surface area contributed by atoms with E-state index < -0.39 is 0 Å². The number of rotatable bonds is 6. The summed E-state index contributed by atoms with van der Waals surface area (Å²) in [5.74, 6) is 2.31. The minimum absolute atomic E-state index is 0.392. The second-order valence-corrected chi connectivity index (χ2v) is 6.77. The molecule has 114 valence electrons. The topological polar surface area (TPSA) is 64.9 Å². The van der Waals surface area contributed by atoms with Crippen molar-refractivity contribution in [3.05, 3.63) is 34.1 Å². The highest BCUT2D eigenvalue weighted by molar-refractivity contribution is 9.10. The van der Waals surface area contributed by atoms with Gasteiger partial charge in [0, 0.05) is 16.5 Å². The molecule has 0 saturated carbocycles. The number of aromatic nitrogens is 2. The van der Waals surface area contributed by atoms with Crippen LogP contribution in [-0.4, -0.2) is 16.7 Å². The summed E-state index contributed by atoms with van der Waals surface area (Å²) in [5, 5.41) is 4.08. The van der Waals surface area contributed by atoms with E-state index in [9.17, 15) is 0 Å². The van der Waals surface area contributed by atoms with E-state index in [1.165, 1.54) is 5.56 Å². The van der Waals surface area contributed by atoms with E-state index in [1.54, 1.807) is 0 Å². The number of halogens is 1. The maximum absolute atomic E-state index is 5.83. The van der Waals surface area contributed by atoms with Gasteiger partial charge in [-0.05, 0) is 43.4 Å². The van der Waals surface area contributed by atoms with Crippen LogP contribution in [0, 0.1) is 18.8 Å². The van der Waals surface area contributed by atoms with Gasteiger partial charge >= 0.3 is 0 Å². The molecule has 0 bridgehead atoms. The molecule has 1 heterocycles. The summed E-state index contributed by atoms with van der Waals surface area (Å²) in [7, 11) is 0. The molecule has 4 nitrogen and oxygen atoms in total. The van der Waals surface area contributed by atoms with Crippen molar-refractivity contribution in [2.75, 3.05) is 6.54 Å². The maximum atomic E-state index is 5.83. The second-order valence-electron chi connectivity index (χ2n) is 5.91. The molecule has 0 radical (unpaired) electrons. The standard InChI is InChI=1S/C16H22BrN3O/c1-10(2)6-12(9-18)7-15-19-16(20-21-15)13-5-4-11(3)14(17)8-13/h4-5,8,10,12H,6-7,9,18H2,1-3H3. The largest absolute Gasteiger partial charge is 0.339 e. The molecule has 5 heteroatoms. The molecule has 0 saturated heterocycles. The molecule has 0 spiro atoms. The molecule has 1 atom stereocenters. The van der Waals surface area contributed by atoms with Gasteiger partial charge in [0.1, 0.15) is 0 Å². The molecule has 2 N–H and O–H groups in total. The summed E-state index contributed by atoms with van der Waals surface area (Å²) >= 11 is 3.53. The number of aryl methyl sites for hydroxylation is 1. The average molecular weight is 352 g/mol. The van der Waals surface area contributed by atoms with Gasteiger partial charge in [0.2, 0.25) is 11.7 Å². The van der Waals surface area contributed by atoms with E-state index in [2.05, 4.69) is 39.9 Å². The molecule has 0 aliphatic heterocycles. The fourth-order valence-corrected chi connectivity index (χ4v) is 2.74. The molecule has 0 amide bonds. The Bertz CT molecular complexity index is 595. The van der Waals surface area contributed by atoms with Crippen LogP contribution >= 0.6 is 15.9 Å². The third-order valence-electron chi connectivity index (χ3n) is 3.50. The summed E-state index contributed by atoms with van der Waals surface area (Å²) in [4.78, 5) is 4.49. The minimum Gasteiger partial charge on any atom is -0.339 e. The SMILES string of the molecule is Cc1ccc(-c2noc(CC(CN)CC(C)C)n2)cc1Br. The summed E-state index contributed by atoms with van der Waals surface area (Å²) < 4.78 is 6.42. The van der Waals surface area contributed by atoms with Crippen LogP contribution in [0.1, 0.15) is 31.7 Å². The molecule has 0 aliphatic carbocycles. The average Bonchev–Trinajstić information content (AvgIpc) is 2.89. The Morgan fingerprint density at radius 3 is 2.71 bits per heavy atom. The normalized spacial score (nSPS) is 12.9. The third kappa shape index (κ3) is 4.38. The molecule has 2 aromatic rings. The Labute approximate surface area is 134 Å². The Kier molecular flexibility index (Phi) is 5.53. The quantitative estimate of drug-likeness (QED) is 0.854. The fraction of sp³-hybridized carbons (Fsp3) is 0.500. The predicted octanol–water partition coefficient (Wildman–Crippen LogP) is 3.97. The highest BCUT2D eigenvalue weighted by atomic mass is 79.9. The van der Waals surface area contributed by atoms with Gasteiger partial charge in [-0.1, -0.05) is 47.1 Å². The number of nitrogens with zero attached hydrogens (tertiary/aromatic N) is 2. The lowest BCUT2D eigenvalue weighted by Gasteiger charge is -2.14. The van der Waals surface area contributed by atoms with Gasteiger partial charge in [-0.2, -0.15) is 4.98 Å². The van der Waals surface area contributed by atoms with Crippen LogP contribution in [0.15, 0.2) is 27.2 Å². The number of hydrogen-bond donors (Lipinski definition) is 1. The highest BCUT2D eigenvalue weighted by Gasteiger charge is 2.16. The van der Waals surface area contributed by atoms with Crippen LogP contribution in [0.5, 0.6) is 0 Å². The Morgan fingerprint density at radius 1 is 1.33 bits per heavy atom. The Balaban J connectivity index is 2.11. The summed E-state index contributed by atoms with van der Waals surface area (Å²) in [6.45, 7) is 7.09. The van der Waals surface area contributed by atoms with E-state index in [1.807, 2.05) is 25.1 Å². The first-order valence-corrected chi connectivity index (χ1v) is 8.08. The van der Waals surface area contributed by atoms with Gasteiger partial charge in [0.05, 0.1) is 0 Å². The van der Waals surface area contributed by atoms with Crippen molar-refractivity contribution in [3.63, 3.8) is 0 Å². The molecule has 1 aromatic heterocycles. The predicted molar refractivity (Wildman–Crippen MR) is 87.9 cm³/mol. The van der Waals surface area contributed by atoms with Gasteiger partial charge < -0.3 is 10.3 Å². The maximum Gasteiger partial charge on any atom is 0.227 e. The van der Waals surface area contributed by atoms with Gasteiger partial charge in [0.15, 0.2) is 0 Å². The van der Waals surface area contributed by atoms with Crippen LogP contribution in [0.2, 0.25) is 0 Å². The number of nitrogens with two attached hydrogens (primary N) is 1. The van der Waals surface area contributed by atoms with Crippen LogP contribution < -0.4 is 5.73 Å². The molecule has 0 fully saturated rings.